The molecule has 18 heavy (non-hydrogen) atoms. The van der Waals surface area contributed by atoms with E-state index in [1.165, 1.54) is 10.5 Å². The Bertz CT molecular complexity index is 393. The van der Waals surface area contributed by atoms with Crippen molar-refractivity contribution in [3.8, 4) is 0 Å². The summed E-state index contributed by atoms with van der Waals surface area (Å²) in [6, 6.07) is 8.60. The molecule has 0 spiro atoms. The van der Waals surface area contributed by atoms with Crippen LogP contribution in [0.5, 0.6) is 0 Å². The fourth-order valence-electron chi connectivity index (χ4n) is 2.57. The number of hydrogen-bond donors (Lipinski definition) is 2. The van der Waals surface area contributed by atoms with Crippen LogP contribution in [0.15, 0.2) is 29.2 Å². The highest BCUT2D eigenvalue weighted by atomic mass is 32.2. The van der Waals surface area contributed by atoms with Crippen LogP contribution in [0.4, 0.5) is 0 Å². The largest absolute Gasteiger partial charge is 0.386 e. The topological polar surface area (TPSA) is 41.5 Å². The first-order chi connectivity index (χ1) is 8.75. The minimum atomic E-state index is -0.643. The Hall–Kier alpha value is -0.550. The van der Waals surface area contributed by atoms with Gasteiger partial charge in [-0.3, -0.25) is 0 Å². The second-order valence-corrected chi connectivity index (χ2v) is 6.55. The van der Waals surface area contributed by atoms with Gasteiger partial charge >= 0.3 is 0 Å². The molecule has 0 saturated carbocycles. The van der Waals surface area contributed by atoms with Crippen molar-refractivity contribution in [2.75, 3.05) is 26.3 Å². The summed E-state index contributed by atoms with van der Waals surface area (Å²) in [6.45, 7) is 2.74. The van der Waals surface area contributed by atoms with Crippen molar-refractivity contribution >= 4 is 11.8 Å². The van der Waals surface area contributed by atoms with E-state index >= 15 is 0 Å². The number of thioether (sulfide) groups is 1. The van der Waals surface area contributed by atoms with Crippen LogP contribution < -0.4 is 5.32 Å². The third-order valence-corrected chi connectivity index (χ3v) is 4.94. The summed E-state index contributed by atoms with van der Waals surface area (Å²) < 4.78 is 5.24. The van der Waals surface area contributed by atoms with Crippen LogP contribution in [0.2, 0.25) is 0 Å². The molecule has 4 heteroatoms. The van der Waals surface area contributed by atoms with Gasteiger partial charge in [0.15, 0.2) is 0 Å². The number of aliphatic hydroxyl groups is 1. The molecule has 2 atom stereocenters. The smallest absolute Gasteiger partial charge is 0.102 e. The van der Waals surface area contributed by atoms with Gasteiger partial charge < -0.3 is 15.2 Å². The highest BCUT2D eigenvalue weighted by Gasteiger charge is 2.32. The third kappa shape index (κ3) is 2.72. The Morgan fingerprint density at radius 1 is 1.44 bits per heavy atom. The van der Waals surface area contributed by atoms with E-state index in [0.717, 1.165) is 19.4 Å². The summed E-state index contributed by atoms with van der Waals surface area (Å²) in [4.78, 5) is 1.41. The second kappa shape index (κ2) is 5.21. The van der Waals surface area contributed by atoms with E-state index in [9.17, 15) is 5.11 Å². The minimum Gasteiger partial charge on any atom is -0.386 e. The lowest BCUT2D eigenvalue weighted by molar-refractivity contribution is 0.0273. The summed E-state index contributed by atoms with van der Waals surface area (Å²) in [5, 5.41) is 14.1. The lowest BCUT2D eigenvalue weighted by atomic mass is 10.0. The number of rotatable bonds is 4. The first-order valence-corrected chi connectivity index (χ1v) is 7.39. The van der Waals surface area contributed by atoms with Gasteiger partial charge in [-0.2, -0.15) is 0 Å². The van der Waals surface area contributed by atoms with Crippen molar-refractivity contribution in [3.05, 3.63) is 29.8 Å². The lowest BCUT2D eigenvalue weighted by Crippen LogP contribution is -2.42. The second-order valence-electron chi connectivity index (χ2n) is 5.21. The lowest BCUT2D eigenvalue weighted by Gasteiger charge is -2.21. The van der Waals surface area contributed by atoms with Gasteiger partial charge in [-0.05, 0) is 18.1 Å². The highest BCUT2D eigenvalue weighted by molar-refractivity contribution is 8.00. The van der Waals surface area contributed by atoms with Crippen molar-refractivity contribution in [2.45, 2.75) is 28.6 Å². The molecule has 0 amide bonds. The summed E-state index contributed by atoms with van der Waals surface area (Å²) in [5.74, 6) is 0. The molecule has 98 valence electrons. The Labute approximate surface area is 112 Å². The van der Waals surface area contributed by atoms with E-state index in [1.54, 1.807) is 0 Å². The number of ether oxygens (including phenoxy) is 1. The Kier molecular flexibility index (Phi) is 3.61. The highest BCUT2D eigenvalue weighted by Crippen LogP contribution is 2.36. The van der Waals surface area contributed by atoms with E-state index < -0.39 is 5.60 Å². The Morgan fingerprint density at radius 3 is 3.11 bits per heavy atom. The molecule has 2 aliphatic rings. The molecule has 1 aromatic carbocycles. The molecule has 0 aromatic heterocycles. The van der Waals surface area contributed by atoms with Gasteiger partial charge in [0.1, 0.15) is 5.60 Å². The van der Waals surface area contributed by atoms with Gasteiger partial charge in [-0.25, -0.2) is 0 Å². The molecular weight excluding hydrogens is 246 g/mol. The van der Waals surface area contributed by atoms with Gasteiger partial charge in [0.2, 0.25) is 0 Å². The normalized spacial score (nSPS) is 30.6. The maximum Gasteiger partial charge on any atom is 0.102 e. The molecule has 2 unspecified atom stereocenters. The van der Waals surface area contributed by atoms with E-state index in [4.69, 9.17) is 4.74 Å². The Morgan fingerprint density at radius 2 is 2.33 bits per heavy atom. The quantitative estimate of drug-likeness (QED) is 0.864. The number of benzene rings is 1. The standard InChI is InChI=1S/C14H19NO2S/c16-14(5-6-17-10-14)9-15-8-12-7-11-3-1-2-4-13(11)18-12/h1-4,12,15-16H,5-10H2. The zero-order chi connectivity index (χ0) is 12.4. The molecule has 0 bridgehead atoms. The zero-order valence-electron chi connectivity index (χ0n) is 10.4. The molecule has 1 fully saturated rings. The molecule has 3 nitrogen and oxygen atoms in total. The first-order valence-electron chi connectivity index (χ1n) is 6.51. The predicted molar refractivity (Wildman–Crippen MR) is 73.0 cm³/mol. The van der Waals surface area contributed by atoms with E-state index in [2.05, 4.69) is 29.6 Å². The molecule has 3 rings (SSSR count). The zero-order valence-corrected chi connectivity index (χ0v) is 11.2. The van der Waals surface area contributed by atoms with Crippen LogP contribution in [0, 0.1) is 0 Å². The van der Waals surface area contributed by atoms with Crippen molar-refractivity contribution in [3.63, 3.8) is 0 Å². The molecular formula is C14H19NO2S. The molecule has 0 aliphatic carbocycles. The van der Waals surface area contributed by atoms with Crippen LogP contribution in [0.3, 0.4) is 0 Å². The SMILES string of the molecule is OC1(CNCC2Cc3ccccc3S2)CCOC1. The maximum absolute atomic E-state index is 10.1. The fraction of sp³-hybridized carbons (Fsp3) is 0.571. The summed E-state index contributed by atoms with van der Waals surface area (Å²) in [5.41, 5.74) is 0.813. The van der Waals surface area contributed by atoms with Gasteiger partial charge in [-0.15, -0.1) is 11.8 Å². The maximum atomic E-state index is 10.1. The molecule has 2 N–H and O–H groups in total. The molecule has 1 aromatic rings. The average Bonchev–Trinajstić information content (AvgIpc) is 2.95. The molecule has 1 saturated heterocycles. The summed E-state index contributed by atoms with van der Waals surface area (Å²) in [6.07, 6.45) is 1.88. The fourth-order valence-corrected chi connectivity index (χ4v) is 3.85. The van der Waals surface area contributed by atoms with Crippen LogP contribution in [-0.4, -0.2) is 42.3 Å². The summed E-state index contributed by atoms with van der Waals surface area (Å²) in [7, 11) is 0. The van der Waals surface area contributed by atoms with Gasteiger partial charge in [0.05, 0.1) is 6.61 Å². The Balaban J connectivity index is 1.46. The summed E-state index contributed by atoms with van der Waals surface area (Å²) >= 11 is 1.94. The first kappa shape index (κ1) is 12.5. The van der Waals surface area contributed by atoms with E-state index in [0.29, 0.717) is 25.0 Å². The van der Waals surface area contributed by atoms with Crippen LogP contribution in [-0.2, 0) is 11.2 Å². The van der Waals surface area contributed by atoms with Gasteiger partial charge in [0.25, 0.3) is 0 Å². The third-order valence-electron chi connectivity index (χ3n) is 3.62. The number of fused-ring (bicyclic) bond motifs is 1. The van der Waals surface area contributed by atoms with Crippen LogP contribution in [0.1, 0.15) is 12.0 Å². The van der Waals surface area contributed by atoms with Crippen molar-refractivity contribution < 1.29 is 9.84 Å². The molecule has 2 aliphatic heterocycles. The van der Waals surface area contributed by atoms with Crippen molar-refractivity contribution in [1.29, 1.82) is 0 Å². The minimum absolute atomic E-state index is 0.470. The van der Waals surface area contributed by atoms with E-state index in [1.807, 2.05) is 11.8 Å². The monoisotopic (exact) mass is 265 g/mol. The van der Waals surface area contributed by atoms with Gasteiger partial charge in [0, 0.05) is 36.3 Å². The molecule has 0 radical (unpaired) electrons. The van der Waals surface area contributed by atoms with Crippen LogP contribution in [0.25, 0.3) is 0 Å². The number of nitrogens with one attached hydrogen (secondary N) is 1. The van der Waals surface area contributed by atoms with Crippen molar-refractivity contribution in [1.82, 2.24) is 5.32 Å². The van der Waals surface area contributed by atoms with Crippen molar-refractivity contribution in [2.24, 2.45) is 0 Å². The average molecular weight is 265 g/mol. The predicted octanol–water partition coefficient (Wildman–Crippen LogP) is 1.44. The van der Waals surface area contributed by atoms with Gasteiger partial charge in [-0.1, -0.05) is 18.2 Å². The molecule has 2 heterocycles. The van der Waals surface area contributed by atoms with E-state index in [-0.39, 0.29) is 0 Å². The number of hydrogen-bond acceptors (Lipinski definition) is 4. The van der Waals surface area contributed by atoms with Crippen LogP contribution >= 0.6 is 11.8 Å².